The second kappa shape index (κ2) is 7.12. The first-order chi connectivity index (χ1) is 11.6. The Bertz CT molecular complexity index is 733. The lowest BCUT2D eigenvalue weighted by molar-refractivity contribution is -0.144. The number of carbonyl (C=O) groups is 2. The lowest BCUT2D eigenvalue weighted by atomic mass is 10.2. The zero-order valence-electron chi connectivity index (χ0n) is 13.3. The third-order valence-electron chi connectivity index (χ3n) is 3.72. The molecule has 0 saturated heterocycles. The van der Waals surface area contributed by atoms with E-state index in [0.717, 1.165) is 0 Å². The summed E-state index contributed by atoms with van der Waals surface area (Å²) in [6.07, 6.45) is 1.19. The van der Waals surface area contributed by atoms with Gasteiger partial charge in [0.1, 0.15) is 12.4 Å². The van der Waals surface area contributed by atoms with Gasteiger partial charge >= 0.3 is 5.97 Å². The van der Waals surface area contributed by atoms with Gasteiger partial charge in [0.15, 0.2) is 6.10 Å². The van der Waals surface area contributed by atoms with Crippen LogP contribution in [0, 0.1) is 0 Å². The maximum Gasteiger partial charge on any atom is 0.307 e. The number of amides is 1. The van der Waals surface area contributed by atoms with Crippen LogP contribution in [0.15, 0.2) is 48.7 Å². The number of rotatable bonds is 5. The number of nitrogens with zero attached hydrogens (tertiary/aromatic N) is 2. The number of carbonyl (C=O) groups excluding carboxylic acids is 2. The molecule has 0 radical (unpaired) electrons. The second-order valence-corrected chi connectivity index (χ2v) is 5.45. The number of fused-ring (bicyclic) bond motifs is 1. The highest BCUT2D eigenvalue weighted by molar-refractivity contribution is 6.00. The molecule has 1 aliphatic heterocycles. The van der Waals surface area contributed by atoms with E-state index in [4.69, 9.17) is 9.47 Å². The van der Waals surface area contributed by atoms with Crippen molar-refractivity contribution in [3.05, 3.63) is 54.4 Å². The molecule has 1 atom stereocenters. The van der Waals surface area contributed by atoms with E-state index in [0.29, 0.717) is 17.1 Å². The molecular weight excluding hydrogens is 308 g/mol. The van der Waals surface area contributed by atoms with Gasteiger partial charge < -0.3 is 14.4 Å². The Labute approximate surface area is 140 Å². The molecule has 6 nitrogen and oxygen atoms in total. The molecule has 2 heterocycles. The normalized spacial score (nSPS) is 16.3. The summed E-state index contributed by atoms with van der Waals surface area (Å²) in [6.45, 7) is 2.08. The second-order valence-electron chi connectivity index (χ2n) is 5.45. The molecule has 1 amide bonds. The minimum atomic E-state index is -0.565. The molecule has 0 aliphatic carbocycles. The van der Waals surface area contributed by atoms with Gasteiger partial charge in [-0.1, -0.05) is 18.2 Å². The fourth-order valence-electron chi connectivity index (χ4n) is 2.50. The zero-order valence-corrected chi connectivity index (χ0v) is 13.3. The minimum Gasteiger partial charge on any atom is -0.479 e. The minimum absolute atomic E-state index is 0.111. The van der Waals surface area contributed by atoms with Crippen LogP contribution in [-0.2, 0) is 20.9 Å². The Kier molecular flexibility index (Phi) is 4.74. The van der Waals surface area contributed by atoms with Gasteiger partial charge in [0.25, 0.3) is 5.91 Å². The predicted molar refractivity (Wildman–Crippen MR) is 87.5 cm³/mol. The molecule has 124 valence electrons. The van der Waals surface area contributed by atoms with Crippen LogP contribution in [0.25, 0.3) is 0 Å². The fourth-order valence-corrected chi connectivity index (χ4v) is 2.50. The van der Waals surface area contributed by atoms with Crippen molar-refractivity contribution < 1.29 is 19.1 Å². The number of ether oxygens (including phenoxy) is 2. The smallest absolute Gasteiger partial charge is 0.307 e. The number of para-hydroxylation sites is 2. The van der Waals surface area contributed by atoms with Crippen LogP contribution in [0.2, 0.25) is 0 Å². The summed E-state index contributed by atoms with van der Waals surface area (Å²) in [7, 11) is 0. The van der Waals surface area contributed by atoms with Crippen molar-refractivity contribution in [1.29, 1.82) is 0 Å². The van der Waals surface area contributed by atoms with Crippen LogP contribution in [-0.4, -0.2) is 29.5 Å². The monoisotopic (exact) mass is 326 g/mol. The van der Waals surface area contributed by atoms with E-state index < -0.39 is 6.10 Å². The molecule has 0 saturated carbocycles. The van der Waals surface area contributed by atoms with E-state index in [2.05, 4.69) is 4.98 Å². The Balaban J connectivity index is 1.59. The van der Waals surface area contributed by atoms with Crippen molar-refractivity contribution in [2.75, 3.05) is 11.4 Å². The number of anilines is 1. The SMILES string of the molecule is CC1Oc2ccccc2N(CCC(=O)OCc2ccccn2)C1=O. The molecule has 3 rings (SSSR count). The number of pyridine rings is 1. The average molecular weight is 326 g/mol. The molecule has 0 fully saturated rings. The summed E-state index contributed by atoms with van der Waals surface area (Å²) in [6, 6.07) is 12.7. The van der Waals surface area contributed by atoms with Crippen molar-refractivity contribution in [1.82, 2.24) is 4.98 Å². The molecule has 2 aromatic rings. The topological polar surface area (TPSA) is 68.7 Å². The molecule has 24 heavy (non-hydrogen) atoms. The molecule has 1 aliphatic rings. The van der Waals surface area contributed by atoms with E-state index in [9.17, 15) is 9.59 Å². The van der Waals surface area contributed by atoms with Gasteiger partial charge in [0.05, 0.1) is 17.8 Å². The first-order valence-electron chi connectivity index (χ1n) is 7.78. The number of aromatic nitrogens is 1. The van der Waals surface area contributed by atoms with Crippen molar-refractivity contribution in [3.8, 4) is 5.75 Å². The van der Waals surface area contributed by atoms with E-state index in [-0.39, 0.29) is 31.4 Å². The number of benzene rings is 1. The van der Waals surface area contributed by atoms with Gasteiger partial charge in [-0.25, -0.2) is 0 Å². The van der Waals surface area contributed by atoms with Gasteiger partial charge in [-0.05, 0) is 31.2 Å². The number of esters is 1. The highest BCUT2D eigenvalue weighted by atomic mass is 16.5. The van der Waals surface area contributed by atoms with Crippen molar-refractivity contribution in [2.24, 2.45) is 0 Å². The van der Waals surface area contributed by atoms with Crippen LogP contribution in [0.5, 0.6) is 5.75 Å². The van der Waals surface area contributed by atoms with Crippen molar-refractivity contribution >= 4 is 17.6 Å². The lowest BCUT2D eigenvalue weighted by Gasteiger charge is -2.32. The standard InChI is InChI=1S/C18H18N2O4/c1-13-18(22)20(15-7-2-3-8-16(15)24-13)11-9-17(21)23-12-14-6-4-5-10-19-14/h2-8,10,13H,9,11-12H2,1H3. The molecule has 0 spiro atoms. The van der Waals surface area contributed by atoms with Crippen LogP contribution in [0.4, 0.5) is 5.69 Å². The summed E-state index contributed by atoms with van der Waals surface area (Å²) in [5.41, 5.74) is 1.37. The largest absolute Gasteiger partial charge is 0.479 e. The average Bonchev–Trinajstić information content (AvgIpc) is 2.61. The van der Waals surface area contributed by atoms with Crippen LogP contribution in [0.3, 0.4) is 0 Å². The van der Waals surface area contributed by atoms with Crippen LogP contribution in [0.1, 0.15) is 19.0 Å². The molecule has 1 aromatic carbocycles. The molecular formula is C18H18N2O4. The zero-order chi connectivity index (χ0) is 16.9. The van der Waals surface area contributed by atoms with Crippen LogP contribution >= 0.6 is 0 Å². The van der Waals surface area contributed by atoms with Gasteiger partial charge in [0, 0.05) is 12.7 Å². The van der Waals surface area contributed by atoms with Gasteiger partial charge in [0.2, 0.25) is 0 Å². The molecule has 0 N–H and O–H groups in total. The summed E-state index contributed by atoms with van der Waals surface area (Å²) in [5.74, 6) is 0.114. The van der Waals surface area contributed by atoms with Gasteiger partial charge in [-0.15, -0.1) is 0 Å². The summed E-state index contributed by atoms with van der Waals surface area (Å²) < 4.78 is 10.8. The quantitative estimate of drug-likeness (QED) is 0.789. The van der Waals surface area contributed by atoms with Crippen molar-refractivity contribution in [3.63, 3.8) is 0 Å². The van der Waals surface area contributed by atoms with Gasteiger partial charge in [-0.3, -0.25) is 14.6 Å². The van der Waals surface area contributed by atoms with E-state index >= 15 is 0 Å². The first-order valence-corrected chi connectivity index (χ1v) is 7.78. The number of hydrogen-bond acceptors (Lipinski definition) is 5. The first kappa shape index (κ1) is 16.0. The third kappa shape index (κ3) is 3.53. The Morgan fingerprint density at radius 3 is 2.83 bits per heavy atom. The Morgan fingerprint density at radius 2 is 2.04 bits per heavy atom. The highest BCUT2D eigenvalue weighted by Gasteiger charge is 2.31. The van der Waals surface area contributed by atoms with E-state index in [1.807, 2.05) is 24.3 Å². The molecule has 1 aromatic heterocycles. The van der Waals surface area contributed by atoms with Gasteiger partial charge in [-0.2, -0.15) is 0 Å². The third-order valence-corrected chi connectivity index (χ3v) is 3.72. The summed E-state index contributed by atoms with van der Waals surface area (Å²) in [4.78, 5) is 29.9. The molecule has 0 bridgehead atoms. The summed E-state index contributed by atoms with van der Waals surface area (Å²) in [5, 5.41) is 0. The Morgan fingerprint density at radius 1 is 1.25 bits per heavy atom. The fraction of sp³-hybridized carbons (Fsp3) is 0.278. The van der Waals surface area contributed by atoms with E-state index in [1.54, 1.807) is 36.2 Å². The molecule has 6 heteroatoms. The molecule has 1 unspecified atom stereocenters. The lowest BCUT2D eigenvalue weighted by Crippen LogP contribution is -2.45. The van der Waals surface area contributed by atoms with E-state index in [1.165, 1.54) is 0 Å². The maximum atomic E-state index is 12.3. The number of hydrogen-bond donors (Lipinski definition) is 0. The van der Waals surface area contributed by atoms with Crippen molar-refractivity contribution in [2.45, 2.75) is 26.1 Å². The van der Waals surface area contributed by atoms with Crippen LogP contribution < -0.4 is 9.64 Å². The summed E-state index contributed by atoms with van der Waals surface area (Å²) >= 11 is 0. The maximum absolute atomic E-state index is 12.3. The Hall–Kier alpha value is -2.89. The predicted octanol–water partition coefficient (Wildman–Crippen LogP) is 2.33. The highest BCUT2D eigenvalue weighted by Crippen LogP contribution is 2.33.